The molecule has 3 rings (SSSR count). The predicted octanol–water partition coefficient (Wildman–Crippen LogP) is 2.35. The number of carboxylic acid groups (broad SMARTS) is 1. The summed E-state index contributed by atoms with van der Waals surface area (Å²) >= 11 is 0. The lowest BCUT2D eigenvalue weighted by atomic mass is 10.1. The average molecular weight is 370 g/mol. The van der Waals surface area contributed by atoms with Crippen LogP contribution < -0.4 is 15.4 Å². The van der Waals surface area contributed by atoms with Crippen molar-refractivity contribution in [1.29, 1.82) is 0 Å². The standard InChI is InChI=1S/C20H22N2O5/c1-13-2-6-15(7-3-13)22-11-17(27-20(22)25)12-26-16-8-4-14(5-9-16)10-18(21)19(23)24/h2-9,17-18H,10-12,21H2,1H3,(H,23,24). The number of rotatable bonds is 7. The third kappa shape index (κ3) is 4.77. The Labute approximate surface area is 157 Å². The fourth-order valence-electron chi connectivity index (χ4n) is 2.80. The Morgan fingerprint density at radius 2 is 1.93 bits per heavy atom. The van der Waals surface area contributed by atoms with Crippen LogP contribution in [0.15, 0.2) is 48.5 Å². The van der Waals surface area contributed by atoms with Crippen molar-refractivity contribution < 1.29 is 24.2 Å². The van der Waals surface area contributed by atoms with Crippen LogP contribution in [0.4, 0.5) is 10.5 Å². The highest BCUT2D eigenvalue weighted by Crippen LogP contribution is 2.23. The van der Waals surface area contributed by atoms with Gasteiger partial charge >= 0.3 is 12.1 Å². The van der Waals surface area contributed by atoms with Gasteiger partial charge in [0.05, 0.1) is 6.54 Å². The Balaban J connectivity index is 1.52. The van der Waals surface area contributed by atoms with E-state index in [1.807, 2.05) is 31.2 Å². The smallest absolute Gasteiger partial charge is 0.414 e. The maximum Gasteiger partial charge on any atom is 0.414 e. The van der Waals surface area contributed by atoms with Gasteiger partial charge in [0.2, 0.25) is 0 Å². The molecule has 0 aliphatic carbocycles. The lowest BCUT2D eigenvalue weighted by Crippen LogP contribution is -2.32. The van der Waals surface area contributed by atoms with Crippen LogP contribution in [-0.2, 0) is 16.0 Å². The molecule has 1 heterocycles. The molecular formula is C20H22N2O5. The first-order chi connectivity index (χ1) is 12.9. The number of benzene rings is 2. The number of hydrogen-bond acceptors (Lipinski definition) is 5. The molecule has 7 nitrogen and oxygen atoms in total. The van der Waals surface area contributed by atoms with Crippen LogP contribution in [0.1, 0.15) is 11.1 Å². The van der Waals surface area contributed by atoms with Gasteiger partial charge in [0.1, 0.15) is 18.4 Å². The molecule has 2 atom stereocenters. The van der Waals surface area contributed by atoms with Crippen LogP contribution in [0.5, 0.6) is 5.75 Å². The average Bonchev–Trinajstić information content (AvgIpc) is 3.02. The summed E-state index contributed by atoms with van der Waals surface area (Å²) in [5, 5.41) is 8.85. The molecule has 1 fully saturated rings. The fraction of sp³-hybridized carbons (Fsp3) is 0.300. The normalized spacial score (nSPS) is 17.5. The van der Waals surface area contributed by atoms with Crippen molar-refractivity contribution in [3.63, 3.8) is 0 Å². The third-order valence-electron chi connectivity index (χ3n) is 4.35. The Morgan fingerprint density at radius 1 is 1.26 bits per heavy atom. The number of cyclic esters (lactones) is 1. The number of ether oxygens (including phenoxy) is 2. The molecule has 2 aromatic rings. The molecule has 0 radical (unpaired) electrons. The number of carboxylic acids is 1. The Bertz CT molecular complexity index is 804. The highest BCUT2D eigenvalue weighted by Gasteiger charge is 2.32. The van der Waals surface area contributed by atoms with Gasteiger partial charge < -0.3 is 20.3 Å². The summed E-state index contributed by atoms with van der Waals surface area (Å²) in [6, 6.07) is 13.8. The summed E-state index contributed by atoms with van der Waals surface area (Å²) in [5.74, 6) is -0.413. The lowest BCUT2D eigenvalue weighted by Gasteiger charge is -2.13. The van der Waals surface area contributed by atoms with Gasteiger partial charge in [-0.15, -0.1) is 0 Å². The van der Waals surface area contributed by atoms with E-state index in [9.17, 15) is 9.59 Å². The van der Waals surface area contributed by atoms with Gasteiger partial charge in [-0.05, 0) is 43.2 Å². The van der Waals surface area contributed by atoms with Gasteiger partial charge in [0.25, 0.3) is 0 Å². The second-order valence-electron chi connectivity index (χ2n) is 6.56. The maximum atomic E-state index is 12.1. The van der Waals surface area contributed by atoms with E-state index in [4.69, 9.17) is 20.3 Å². The minimum Gasteiger partial charge on any atom is -0.490 e. The van der Waals surface area contributed by atoms with Gasteiger partial charge in [-0.1, -0.05) is 29.8 Å². The van der Waals surface area contributed by atoms with Crippen LogP contribution in [0.25, 0.3) is 0 Å². The largest absolute Gasteiger partial charge is 0.490 e. The molecular weight excluding hydrogens is 348 g/mol. The summed E-state index contributed by atoms with van der Waals surface area (Å²) in [5.41, 5.74) is 8.26. The number of aliphatic carboxylic acids is 1. The van der Waals surface area contributed by atoms with E-state index in [0.717, 1.165) is 16.8 Å². The number of amides is 1. The number of carbonyl (C=O) groups is 2. The molecule has 2 unspecified atom stereocenters. The molecule has 2 aromatic carbocycles. The summed E-state index contributed by atoms with van der Waals surface area (Å²) in [7, 11) is 0. The van der Waals surface area contributed by atoms with E-state index < -0.39 is 12.0 Å². The van der Waals surface area contributed by atoms with Crippen LogP contribution in [-0.4, -0.2) is 42.5 Å². The van der Waals surface area contributed by atoms with E-state index in [-0.39, 0.29) is 25.2 Å². The van der Waals surface area contributed by atoms with Crippen molar-refractivity contribution in [2.75, 3.05) is 18.1 Å². The van der Waals surface area contributed by atoms with E-state index in [0.29, 0.717) is 12.3 Å². The second kappa shape index (κ2) is 8.09. The molecule has 0 aromatic heterocycles. The number of nitrogens with two attached hydrogens (primary N) is 1. The van der Waals surface area contributed by atoms with Gasteiger partial charge in [-0.25, -0.2) is 4.79 Å². The molecule has 0 bridgehead atoms. The Morgan fingerprint density at radius 3 is 2.56 bits per heavy atom. The van der Waals surface area contributed by atoms with E-state index in [1.165, 1.54) is 0 Å². The summed E-state index contributed by atoms with van der Waals surface area (Å²) in [6.45, 7) is 2.65. The lowest BCUT2D eigenvalue weighted by molar-refractivity contribution is -0.138. The number of nitrogens with zero attached hydrogens (tertiary/aromatic N) is 1. The van der Waals surface area contributed by atoms with Gasteiger partial charge in [0, 0.05) is 5.69 Å². The monoisotopic (exact) mass is 370 g/mol. The summed E-state index contributed by atoms with van der Waals surface area (Å²) < 4.78 is 11.1. The van der Waals surface area contributed by atoms with Crippen LogP contribution in [0.3, 0.4) is 0 Å². The zero-order valence-electron chi connectivity index (χ0n) is 15.0. The van der Waals surface area contributed by atoms with Gasteiger partial charge in [0.15, 0.2) is 6.10 Å². The minimum atomic E-state index is -1.03. The molecule has 3 N–H and O–H groups in total. The number of carbonyl (C=O) groups excluding carboxylic acids is 1. The van der Waals surface area contributed by atoms with Gasteiger partial charge in [-0.3, -0.25) is 9.69 Å². The van der Waals surface area contributed by atoms with E-state index in [2.05, 4.69) is 0 Å². The van der Waals surface area contributed by atoms with Crippen LogP contribution in [0, 0.1) is 6.92 Å². The van der Waals surface area contributed by atoms with Crippen molar-refractivity contribution in [3.05, 3.63) is 59.7 Å². The van der Waals surface area contributed by atoms with Crippen molar-refractivity contribution in [1.82, 2.24) is 0 Å². The topological polar surface area (TPSA) is 102 Å². The highest BCUT2D eigenvalue weighted by atomic mass is 16.6. The van der Waals surface area contributed by atoms with Crippen LogP contribution >= 0.6 is 0 Å². The van der Waals surface area contributed by atoms with E-state index >= 15 is 0 Å². The van der Waals surface area contributed by atoms with Crippen molar-refractivity contribution >= 4 is 17.7 Å². The fourth-order valence-corrected chi connectivity index (χ4v) is 2.80. The van der Waals surface area contributed by atoms with E-state index in [1.54, 1.807) is 29.2 Å². The van der Waals surface area contributed by atoms with Crippen LogP contribution in [0.2, 0.25) is 0 Å². The maximum absolute atomic E-state index is 12.1. The minimum absolute atomic E-state index is 0.238. The van der Waals surface area contributed by atoms with Gasteiger partial charge in [-0.2, -0.15) is 0 Å². The molecule has 1 amide bonds. The summed E-state index contributed by atoms with van der Waals surface area (Å²) in [4.78, 5) is 24.5. The predicted molar refractivity (Wildman–Crippen MR) is 100 cm³/mol. The summed E-state index contributed by atoms with van der Waals surface area (Å²) in [6.07, 6.45) is -0.495. The Kier molecular flexibility index (Phi) is 5.61. The molecule has 0 spiro atoms. The zero-order valence-corrected chi connectivity index (χ0v) is 15.0. The SMILES string of the molecule is Cc1ccc(N2CC(COc3ccc(CC(N)C(=O)O)cc3)OC2=O)cc1. The Hall–Kier alpha value is -3.06. The highest BCUT2D eigenvalue weighted by molar-refractivity contribution is 5.89. The first-order valence-electron chi connectivity index (χ1n) is 8.67. The molecule has 1 aliphatic heterocycles. The molecule has 1 aliphatic rings. The number of anilines is 1. The molecule has 142 valence electrons. The quantitative estimate of drug-likeness (QED) is 0.776. The van der Waals surface area contributed by atoms with Crippen molar-refractivity contribution in [2.45, 2.75) is 25.5 Å². The molecule has 7 heteroatoms. The van der Waals surface area contributed by atoms with Crippen molar-refractivity contribution in [3.8, 4) is 5.75 Å². The van der Waals surface area contributed by atoms with Crippen molar-refractivity contribution in [2.24, 2.45) is 5.73 Å². The molecule has 0 saturated carbocycles. The third-order valence-corrected chi connectivity index (χ3v) is 4.35. The first-order valence-corrected chi connectivity index (χ1v) is 8.67. The molecule has 1 saturated heterocycles. The molecule has 27 heavy (non-hydrogen) atoms. The first kappa shape index (κ1) is 18.7. The second-order valence-corrected chi connectivity index (χ2v) is 6.56. The zero-order chi connectivity index (χ0) is 19.4. The number of aryl methyl sites for hydroxylation is 1. The number of hydrogen-bond donors (Lipinski definition) is 2.